The van der Waals surface area contributed by atoms with Crippen molar-refractivity contribution in [3.8, 4) is 11.3 Å². The number of rotatable bonds is 1. The van der Waals surface area contributed by atoms with Crippen molar-refractivity contribution in [2.45, 2.75) is 0 Å². The van der Waals surface area contributed by atoms with Gasteiger partial charge in [0.2, 0.25) is 0 Å². The van der Waals surface area contributed by atoms with E-state index in [4.69, 9.17) is 5.73 Å². The number of aromatic amines is 1. The van der Waals surface area contributed by atoms with Gasteiger partial charge in [0.25, 0.3) is 0 Å². The number of fused-ring (bicyclic) bond motifs is 1. The molecule has 0 fully saturated rings. The Balaban J connectivity index is 2.23. The molecule has 0 aromatic carbocycles. The van der Waals surface area contributed by atoms with Crippen LogP contribution in [-0.2, 0) is 0 Å². The summed E-state index contributed by atoms with van der Waals surface area (Å²) in [6.07, 6.45) is 5.25. The average molecular weight is 210 g/mol. The van der Waals surface area contributed by atoms with Gasteiger partial charge in [0, 0.05) is 40.9 Å². The molecule has 4 nitrogen and oxygen atoms in total. The SMILES string of the molecule is Nc1ccnc2[nH]c(-c3cccnc3)cc12. The number of hydrogen-bond donors (Lipinski definition) is 2. The van der Waals surface area contributed by atoms with Gasteiger partial charge in [0.05, 0.1) is 0 Å². The van der Waals surface area contributed by atoms with Crippen LogP contribution >= 0.6 is 0 Å². The highest BCUT2D eigenvalue weighted by molar-refractivity contribution is 5.92. The molecule has 0 unspecified atom stereocenters. The van der Waals surface area contributed by atoms with Crippen LogP contribution in [0.2, 0.25) is 0 Å². The van der Waals surface area contributed by atoms with Gasteiger partial charge in [-0.1, -0.05) is 0 Å². The Morgan fingerprint density at radius 1 is 1.19 bits per heavy atom. The summed E-state index contributed by atoms with van der Waals surface area (Å²) >= 11 is 0. The van der Waals surface area contributed by atoms with Crippen LogP contribution in [0.3, 0.4) is 0 Å². The fourth-order valence-corrected chi connectivity index (χ4v) is 1.73. The molecule has 0 atom stereocenters. The van der Waals surface area contributed by atoms with Crippen LogP contribution in [0.25, 0.3) is 22.3 Å². The molecule has 0 aliphatic heterocycles. The number of nitrogen functional groups attached to an aromatic ring is 1. The van der Waals surface area contributed by atoms with E-state index in [2.05, 4.69) is 15.0 Å². The van der Waals surface area contributed by atoms with Crippen molar-refractivity contribution in [2.75, 3.05) is 5.73 Å². The molecule has 3 aromatic heterocycles. The molecular formula is C12H10N4. The van der Waals surface area contributed by atoms with Gasteiger partial charge in [0.15, 0.2) is 0 Å². The summed E-state index contributed by atoms with van der Waals surface area (Å²) in [6, 6.07) is 7.68. The average Bonchev–Trinajstić information content (AvgIpc) is 2.76. The summed E-state index contributed by atoms with van der Waals surface area (Å²) in [6.45, 7) is 0. The molecule has 4 heteroatoms. The summed E-state index contributed by atoms with van der Waals surface area (Å²) in [5, 5.41) is 0.946. The van der Waals surface area contributed by atoms with E-state index < -0.39 is 0 Å². The third-order valence-electron chi connectivity index (χ3n) is 2.54. The number of hydrogen-bond acceptors (Lipinski definition) is 3. The van der Waals surface area contributed by atoms with Gasteiger partial charge in [-0.05, 0) is 24.3 Å². The van der Waals surface area contributed by atoms with E-state index in [0.717, 1.165) is 28.0 Å². The molecule has 0 spiro atoms. The molecule has 0 aliphatic rings. The Labute approximate surface area is 92.2 Å². The standard InChI is InChI=1S/C12H10N4/c13-10-3-5-15-12-9(10)6-11(16-12)8-2-1-4-14-7-8/h1-7H,(H3,13,15,16). The van der Waals surface area contributed by atoms with E-state index >= 15 is 0 Å². The quantitative estimate of drug-likeness (QED) is 0.647. The predicted octanol–water partition coefficient (Wildman–Crippen LogP) is 2.21. The molecule has 0 saturated heterocycles. The smallest absolute Gasteiger partial charge is 0.139 e. The zero-order valence-electron chi connectivity index (χ0n) is 8.51. The minimum Gasteiger partial charge on any atom is -0.398 e. The van der Waals surface area contributed by atoms with E-state index in [1.165, 1.54) is 0 Å². The molecular weight excluding hydrogens is 200 g/mol. The molecule has 3 heterocycles. The lowest BCUT2D eigenvalue weighted by Crippen LogP contribution is -1.85. The van der Waals surface area contributed by atoms with Gasteiger partial charge in [-0.25, -0.2) is 4.98 Å². The predicted molar refractivity (Wildman–Crippen MR) is 63.7 cm³/mol. The summed E-state index contributed by atoms with van der Waals surface area (Å²) in [4.78, 5) is 11.5. The topological polar surface area (TPSA) is 67.6 Å². The number of aromatic nitrogens is 3. The first kappa shape index (κ1) is 8.91. The van der Waals surface area contributed by atoms with Gasteiger partial charge in [-0.3, -0.25) is 4.98 Å². The number of nitrogens with two attached hydrogens (primary N) is 1. The lowest BCUT2D eigenvalue weighted by molar-refractivity contribution is 1.29. The monoisotopic (exact) mass is 210 g/mol. The number of nitrogens with zero attached hydrogens (tertiary/aromatic N) is 2. The molecule has 0 amide bonds. The first-order chi connectivity index (χ1) is 7.84. The second kappa shape index (κ2) is 3.34. The van der Waals surface area contributed by atoms with Crippen LogP contribution in [0.1, 0.15) is 0 Å². The zero-order chi connectivity index (χ0) is 11.0. The maximum absolute atomic E-state index is 5.87. The maximum atomic E-state index is 5.87. The Morgan fingerprint density at radius 2 is 2.12 bits per heavy atom. The number of pyridine rings is 2. The van der Waals surface area contributed by atoms with Crippen molar-refractivity contribution >= 4 is 16.7 Å². The molecule has 0 bridgehead atoms. The van der Waals surface area contributed by atoms with Crippen molar-refractivity contribution in [1.29, 1.82) is 0 Å². The van der Waals surface area contributed by atoms with Crippen molar-refractivity contribution in [3.63, 3.8) is 0 Å². The summed E-state index contributed by atoms with van der Waals surface area (Å²) in [7, 11) is 0. The van der Waals surface area contributed by atoms with Crippen LogP contribution < -0.4 is 5.73 Å². The van der Waals surface area contributed by atoms with Crippen molar-refractivity contribution in [3.05, 3.63) is 42.9 Å². The Morgan fingerprint density at radius 3 is 2.88 bits per heavy atom. The molecule has 3 aromatic rings. The number of nitrogens with one attached hydrogen (secondary N) is 1. The Hall–Kier alpha value is -2.36. The summed E-state index contributed by atoms with van der Waals surface area (Å²) in [5.74, 6) is 0. The lowest BCUT2D eigenvalue weighted by atomic mass is 10.2. The Bertz CT molecular complexity index is 628. The van der Waals surface area contributed by atoms with Crippen molar-refractivity contribution in [2.24, 2.45) is 0 Å². The second-order valence-corrected chi connectivity index (χ2v) is 3.59. The fourth-order valence-electron chi connectivity index (χ4n) is 1.73. The van der Waals surface area contributed by atoms with E-state index in [1.54, 1.807) is 24.7 Å². The molecule has 3 rings (SSSR count). The fraction of sp³-hybridized carbons (Fsp3) is 0. The van der Waals surface area contributed by atoms with Crippen LogP contribution in [0.15, 0.2) is 42.9 Å². The van der Waals surface area contributed by atoms with Crippen LogP contribution in [0.5, 0.6) is 0 Å². The third-order valence-corrected chi connectivity index (χ3v) is 2.54. The first-order valence-corrected chi connectivity index (χ1v) is 4.98. The Kier molecular flexibility index (Phi) is 1.86. The van der Waals surface area contributed by atoms with Crippen LogP contribution in [0.4, 0.5) is 5.69 Å². The summed E-state index contributed by atoms with van der Waals surface area (Å²) in [5.41, 5.74) is 9.42. The highest BCUT2D eigenvalue weighted by atomic mass is 14.9. The highest BCUT2D eigenvalue weighted by Gasteiger charge is 2.05. The van der Waals surface area contributed by atoms with E-state index in [9.17, 15) is 0 Å². The molecule has 0 radical (unpaired) electrons. The second-order valence-electron chi connectivity index (χ2n) is 3.59. The largest absolute Gasteiger partial charge is 0.398 e. The molecule has 78 valence electrons. The van der Waals surface area contributed by atoms with Gasteiger partial charge >= 0.3 is 0 Å². The van der Waals surface area contributed by atoms with E-state index in [1.807, 2.05) is 18.2 Å². The normalized spacial score (nSPS) is 10.8. The number of anilines is 1. The van der Waals surface area contributed by atoms with Gasteiger partial charge in [-0.2, -0.15) is 0 Å². The molecule has 0 aliphatic carbocycles. The highest BCUT2D eigenvalue weighted by Crippen LogP contribution is 2.25. The molecule has 0 saturated carbocycles. The van der Waals surface area contributed by atoms with Crippen molar-refractivity contribution < 1.29 is 0 Å². The summed E-state index contributed by atoms with van der Waals surface area (Å²) < 4.78 is 0. The van der Waals surface area contributed by atoms with Gasteiger partial charge in [0.1, 0.15) is 5.65 Å². The molecule has 16 heavy (non-hydrogen) atoms. The van der Waals surface area contributed by atoms with Crippen LogP contribution in [0, 0.1) is 0 Å². The zero-order valence-corrected chi connectivity index (χ0v) is 8.51. The van der Waals surface area contributed by atoms with Crippen LogP contribution in [-0.4, -0.2) is 15.0 Å². The first-order valence-electron chi connectivity index (χ1n) is 4.98. The minimum absolute atomic E-state index is 0.733. The minimum atomic E-state index is 0.733. The van der Waals surface area contributed by atoms with E-state index in [0.29, 0.717) is 0 Å². The van der Waals surface area contributed by atoms with Gasteiger partial charge < -0.3 is 10.7 Å². The number of H-pyrrole nitrogens is 1. The van der Waals surface area contributed by atoms with Gasteiger partial charge in [-0.15, -0.1) is 0 Å². The van der Waals surface area contributed by atoms with E-state index in [-0.39, 0.29) is 0 Å². The maximum Gasteiger partial charge on any atom is 0.139 e. The lowest BCUT2D eigenvalue weighted by Gasteiger charge is -1.93. The third kappa shape index (κ3) is 1.32. The van der Waals surface area contributed by atoms with Crippen molar-refractivity contribution in [1.82, 2.24) is 15.0 Å². The molecule has 3 N–H and O–H groups in total.